The van der Waals surface area contributed by atoms with E-state index in [1.54, 1.807) is 16.7 Å². The van der Waals surface area contributed by atoms with Crippen LogP contribution in [0.4, 0.5) is 0 Å². The molecule has 0 radical (unpaired) electrons. The Kier molecular flexibility index (Phi) is 4.97. The van der Waals surface area contributed by atoms with Crippen LogP contribution in [-0.4, -0.2) is 41.4 Å². The first-order valence-electron chi connectivity index (χ1n) is 6.50. The number of piperidine rings is 1. The normalized spacial score (nSPS) is 25.4. The molecule has 0 saturated carbocycles. The van der Waals surface area contributed by atoms with Gasteiger partial charge in [-0.25, -0.2) is 12.7 Å². The van der Waals surface area contributed by atoms with Crippen molar-refractivity contribution in [2.75, 3.05) is 18.8 Å². The van der Waals surface area contributed by atoms with Crippen molar-refractivity contribution in [2.45, 2.75) is 24.6 Å². The summed E-state index contributed by atoms with van der Waals surface area (Å²) >= 11 is 3.60. The predicted molar refractivity (Wildman–Crippen MR) is 79.8 cm³/mol. The van der Waals surface area contributed by atoms with Gasteiger partial charge in [-0.05, 0) is 36.5 Å². The van der Waals surface area contributed by atoms with Crippen LogP contribution in [0.1, 0.15) is 18.9 Å². The van der Waals surface area contributed by atoms with Gasteiger partial charge in [0.1, 0.15) is 0 Å². The van der Waals surface area contributed by atoms with Crippen LogP contribution < -0.4 is 0 Å². The molecule has 106 valence electrons. The SMILES string of the molecule is CC1CN(S(=O)(=O)CCc2ccncc2)CCC1Br. The fourth-order valence-electron chi connectivity index (χ4n) is 2.26. The summed E-state index contributed by atoms with van der Waals surface area (Å²) in [5, 5.41) is 0. The van der Waals surface area contributed by atoms with Crippen LogP contribution >= 0.6 is 15.9 Å². The van der Waals surface area contributed by atoms with Crippen molar-refractivity contribution in [3.05, 3.63) is 30.1 Å². The molecule has 2 rings (SSSR count). The van der Waals surface area contributed by atoms with Gasteiger partial charge in [-0.1, -0.05) is 22.9 Å². The third kappa shape index (κ3) is 4.00. The molecule has 1 aliphatic rings. The Labute approximate surface area is 123 Å². The Bertz CT molecular complexity index is 507. The fourth-order valence-corrected chi connectivity index (χ4v) is 4.23. The molecule has 0 aliphatic carbocycles. The average molecular weight is 347 g/mol. The number of pyridine rings is 1. The highest BCUT2D eigenvalue weighted by Crippen LogP contribution is 2.25. The largest absolute Gasteiger partial charge is 0.265 e. The third-order valence-electron chi connectivity index (χ3n) is 3.55. The molecule has 1 fully saturated rings. The van der Waals surface area contributed by atoms with E-state index >= 15 is 0 Å². The van der Waals surface area contributed by atoms with Crippen LogP contribution in [0.5, 0.6) is 0 Å². The van der Waals surface area contributed by atoms with E-state index in [2.05, 4.69) is 27.8 Å². The van der Waals surface area contributed by atoms with Crippen LogP contribution in [0, 0.1) is 5.92 Å². The summed E-state index contributed by atoms with van der Waals surface area (Å²) in [6.45, 7) is 3.33. The first-order valence-corrected chi connectivity index (χ1v) is 9.02. The van der Waals surface area contributed by atoms with Crippen LogP contribution in [-0.2, 0) is 16.4 Å². The zero-order valence-corrected chi connectivity index (χ0v) is 13.4. The molecule has 1 aromatic rings. The van der Waals surface area contributed by atoms with Gasteiger partial charge in [0.05, 0.1) is 5.75 Å². The van der Waals surface area contributed by atoms with Crippen molar-refractivity contribution in [3.8, 4) is 0 Å². The van der Waals surface area contributed by atoms with Crippen molar-refractivity contribution in [3.63, 3.8) is 0 Å². The van der Waals surface area contributed by atoms with Crippen LogP contribution in [0.3, 0.4) is 0 Å². The average Bonchev–Trinajstić information content (AvgIpc) is 2.41. The van der Waals surface area contributed by atoms with Gasteiger partial charge in [0.25, 0.3) is 0 Å². The lowest BCUT2D eigenvalue weighted by Gasteiger charge is -2.33. The Morgan fingerprint density at radius 1 is 1.42 bits per heavy atom. The first-order chi connectivity index (χ1) is 8.99. The second-order valence-corrected chi connectivity index (χ2v) is 8.33. The minimum atomic E-state index is -3.15. The second-order valence-electron chi connectivity index (χ2n) is 5.06. The van der Waals surface area contributed by atoms with Crippen molar-refractivity contribution in [2.24, 2.45) is 5.92 Å². The summed E-state index contributed by atoms with van der Waals surface area (Å²) in [5.74, 6) is 0.542. The molecule has 0 amide bonds. The molecule has 2 unspecified atom stereocenters. The summed E-state index contributed by atoms with van der Waals surface area (Å²) < 4.78 is 26.2. The molecule has 1 aromatic heterocycles. The lowest BCUT2D eigenvalue weighted by molar-refractivity contribution is 0.292. The maximum atomic E-state index is 12.3. The molecule has 0 aromatic carbocycles. The van der Waals surface area contributed by atoms with Gasteiger partial charge in [-0.3, -0.25) is 4.98 Å². The van der Waals surface area contributed by atoms with Gasteiger partial charge in [0.15, 0.2) is 0 Å². The summed E-state index contributed by atoms with van der Waals surface area (Å²) in [7, 11) is -3.15. The predicted octanol–water partition coefficient (Wildman–Crippen LogP) is 2.06. The molecule has 1 aliphatic heterocycles. The van der Waals surface area contributed by atoms with Crippen molar-refractivity contribution < 1.29 is 8.42 Å². The number of hydrogen-bond acceptors (Lipinski definition) is 3. The molecule has 4 nitrogen and oxygen atoms in total. The fraction of sp³-hybridized carbons (Fsp3) is 0.615. The molecule has 19 heavy (non-hydrogen) atoms. The number of aromatic nitrogens is 1. The maximum Gasteiger partial charge on any atom is 0.214 e. The Morgan fingerprint density at radius 3 is 2.74 bits per heavy atom. The zero-order valence-electron chi connectivity index (χ0n) is 11.0. The smallest absolute Gasteiger partial charge is 0.214 e. The maximum absolute atomic E-state index is 12.3. The highest BCUT2D eigenvalue weighted by Gasteiger charge is 2.30. The first kappa shape index (κ1) is 14.9. The molecule has 6 heteroatoms. The van der Waals surface area contributed by atoms with Gasteiger partial charge in [-0.15, -0.1) is 0 Å². The van der Waals surface area contributed by atoms with Gasteiger partial charge < -0.3 is 0 Å². The van der Waals surface area contributed by atoms with Gasteiger partial charge in [0.2, 0.25) is 10.0 Å². The molecule has 0 bridgehead atoms. The quantitative estimate of drug-likeness (QED) is 0.784. The lowest BCUT2D eigenvalue weighted by atomic mass is 10.0. The summed E-state index contributed by atoms with van der Waals surface area (Å²) in [4.78, 5) is 4.36. The molecule has 2 atom stereocenters. The molecular weight excluding hydrogens is 328 g/mol. The van der Waals surface area contributed by atoms with Gasteiger partial charge in [0, 0.05) is 30.3 Å². The minimum Gasteiger partial charge on any atom is -0.265 e. The van der Waals surface area contributed by atoms with E-state index in [9.17, 15) is 8.42 Å². The van der Waals surface area contributed by atoms with E-state index in [1.165, 1.54) is 0 Å². The van der Waals surface area contributed by atoms with E-state index < -0.39 is 10.0 Å². The molecule has 2 heterocycles. The molecular formula is C13H19BrN2O2S. The molecule has 0 N–H and O–H groups in total. The monoisotopic (exact) mass is 346 g/mol. The van der Waals surface area contributed by atoms with Crippen LogP contribution in [0.25, 0.3) is 0 Å². The number of nitrogens with zero attached hydrogens (tertiary/aromatic N) is 2. The van der Waals surface area contributed by atoms with Crippen LogP contribution in [0.2, 0.25) is 0 Å². The Hall–Kier alpha value is -0.460. The molecule has 0 spiro atoms. The Balaban J connectivity index is 1.95. The van der Waals surface area contributed by atoms with Gasteiger partial charge in [-0.2, -0.15) is 0 Å². The van der Waals surface area contributed by atoms with Crippen molar-refractivity contribution in [1.82, 2.24) is 9.29 Å². The minimum absolute atomic E-state index is 0.177. The number of rotatable bonds is 4. The third-order valence-corrected chi connectivity index (χ3v) is 6.75. The van der Waals surface area contributed by atoms with E-state index in [4.69, 9.17) is 0 Å². The highest BCUT2D eigenvalue weighted by molar-refractivity contribution is 9.09. The lowest BCUT2D eigenvalue weighted by Crippen LogP contribution is -2.44. The number of sulfonamides is 1. The van der Waals surface area contributed by atoms with Gasteiger partial charge >= 0.3 is 0 Å². The number of alkyl halides is 1. The second kappa shape index (κ2) is 6.33. The number of halogens is 1. The molecule has 1 saturated heterocycles. The zero-order chi connectivity index (χ0) is 13.9. The van der Waals surface area contributed by atoms with E-state index in [-0.39, 0.29) is 5.75 Å². The Morgan fingerprint density at radius 2 is 2.11 bits per heavy atom. The summed E-state index contributed by atoms with van der Waals surface area (Å²) in [6.07, 6.45) is 4.82. The van der Waals surface area contributed by atoms with E-state index in [0.29, 0.717) is 30.3 Å². The van der Waals surface area contributed by atoms with Crippen LogP contribution in [0.15, 0.2) is 24.5 Å². The standard InChI is InChI=1S/C13H19BrN2O2S/c1-11-10-16(8-4-13(11)14)19(17,18)9-5-12-2-6-15-7-3-12/h2-3,6-7,11,13H,4-5,8-10H2,1H3. The van der Waals surface area contributed by atoms with E-state index in [1.807, 2.05) is 12.1 Å². The van der Waals surface area contributed by atoms with Crippen molar-refractivity contribution >= 4 is 26.0 Å². The highest BCUT2D eigenvalue weighted by atomic mass is 79.9. The topological polar surface area (TPSA) is 50.3 Å². The summed E-state index contributed by atoms with van der Waals surface area (Å²) in [6, 6.07) is 3.73. The van der Waals surface area contributed by atoms with Crippen molar-refractivity contribution in [1.29, 1.82) is 0 Å². The number of hydrogen-bond donors (Lipinski definition) is 0. The van der Waals surface area contributed by atoms with E-state index in [0.717, 1.165) is 12.0 Å². The number of aryl methyl sites for hydroxylation is 1. The summed E-state index contributed by atoms with van der Waals surface area (Å²) in [5.41, 5.74) is 1.02.